The number of benzene rings is 2. The molecule has 5 nitrogen and oxygen atoms in total. The van der Waals surface area contributed by atoms with Gasteiger partial charge < -0.3 is 15.0 Å². The Balaban J connectivity index is 1.72. The summed E-state index contributed by atoms with van der Waals surface area (Å²) in [7, 11) is 0. The molecule has 2 aromatic carbocycles. The van der Waals surface area contributed by atoms with Gasteiger partial charge in [-0.25, -0.2) is 0 Å². The van der Waals surface area contributed by atoms with Crippen molar-refractivity contribution in [2.45, 2.75) is 26.7 Å². The molecule has 136 valence electrons. The van der Waals surface area contributed by atoms with Gasteiger partial charge in [-0.3, -0.25) is 9.59 Å². The van der Waals surface area contributed by atoms with Crippen LogP contribution in [0.1, 0.15) is 25.8 Å². The first-order valence-corrected chi connectivity index (χ1v) is 9.04. The first-order chi connectivity index (χ1) is 12.6. The second kappa shape index (κ2) is 8.04. The van der Waals surface area contributed by atoms with Crippen LogP contribution in [0.15, 0.2) is 48.5 Å². The molecule has 0 aliphatic carbocycles. The highest BCUT2D eigenvalue weighted by Gasteiger charge is 2.36. The minimum absolute atomic E-state index is 0.0559. The number of anilines is 2. The maximum Gasteiger partial charge on any atom is 0.229 e. The Morgan fingerprint density at radius 1 is 1.19 bits per heavy atom. The molecule has 2 amide bonds. The molecular weight excluding hydrogens is 328 g/mol. The largest absolute Gasteiger partial charge is 0.492 e. The zero-order chi connectivity index (χ0) is 18.5. The molecule has 1 aliphatic heterocycles. The lowest BCUT2D eigenvalue weighted by Crippen LogP contribution is -2.28. The van der Waals surface area contributed by atoms with Crippen LogP contribution in [-0.2, 0) is 16.0 Å². The molecule has 0 unspecified atom stereocenters. The zero-order valence-electron chi connectivity index (χ0n) is 15.2. The number of carbonyl (C=O) groups excluding carboxylic acids is 2. The van der Waals surface area contributed by atoms with Gasteiger partial charge in [-0.2, -0.15) is 0 Å². The van der Waals surface area contributed by atoms with E-state index in [4.69, 9.17) is 4.74 Å². The van der Waals surface area contributed by atoms with Crippen molar-refractivity contribution in [1.82, 2.24) is 0 Å². The molecule has 0 radical (unpaired) electrons. The van der Waals surface area contributed by atoms with Crippen molar-refractivity contribution in [3.63, 3.8) is 0 Å². The highest BCUT2D eigenvalue weighted by atomic mass is 16.5. The van der Waals surface area contributed by atoms with Crippen molar-refractivity contribution in [1.29, 1.82) is 0 Å². The molecule has 0 saturated carbocycles. The van der Waals surface area contributed by atoms with Gasteiger partial charge in [0, 0.05) is 18.7 Å². The Hall–Kier alpha value is -2.82. The van der Waals surface area contributed by atoms with Crippen LogP contribution in [0, 0.1) is 5.92 Å². The lowest BCUT2D eigenvalue weighted by atomic mass is 10.1. The fourth-order valence-electron chi connectivity index (χ4n) is 3.19. The Labute approximate surface area is 154 Å². The van der Waals surface area contributed by atoms with Gasteiger partial charge in [-0.05, 0) is 43.2 Å². The third-order valence-corrected chi connectivity index (χ3v) is 4.55. The molecule has 1 heterocycles. The van der Waals surface area contributed by atoms with Crippen molar-refractivity contribution in [3.8, 4) is 5.75 Å². The predicted octanol–water partition coefficient (Wildman–Crippen LogP) is 3.64. The average molecular weight is 352 g/mol. The summed E-state index contributed by atoms with van der Waals surface area (Å²) in [6.45, 7) is 4.87. The highest BCUT2D eigenvalue weighted by molar-refractivity contribution is 6.04. The van der Waals surface area contributed by atoms with Gasteiger partial charge in [0.25, 0.3) is 0 Å². The smallest absolute Gasteiger partial charge is 0.229 e. The van der Waals surface area contributed by atoms with Gasteiger partial charge in [-0.1, -0.05) is 31.2 Å². The number of amides is 2. The summed E-state index contributed by atoms with van der Waals surface area (Å²) in [6, 6.07) is 15.2. The van der Waals surface area contributed by atoms with E-state index in [0.717, 1.165) is 23.4 Å². The van der Waals surface area contributed by atoms with E-state index in [1.165, 1.54) is 0 Å². The fraction of sp³-hybridized carbons (Fsp3) is 0.333. The summed E-state index contributed by atoms with van der Waals surface area (Å²) in [6.07, 6.45) is 1.12. The van der Waals surface area contributed by atoms with E-state index < -0.39 is 0 Å². The van der Waals surface area contributed by atoms with Gasteiger partial charge in [0.05, 0.1) is 18.2 Å². The van der Waals surface area contributed by atoms with Gasteiger partial charge >= 0.3 is 0 Å². The monoisotopic (exact) mass is 352 g/mol. The minimum atomic E-state index is -0.373. The summed E-state index contributed by atoms with van der Waals surface area (Å²) in [5.74, 6) is 0.116. The van der Waals surface area contributed by atoms with Gasteiger partial charge in [-0.15, -0.1) is 0 Å². The summed E-state index contributed by atoms with van der Waals surface area (Å²) in [5, 5.41) is 2.94. The second-order valence-corrected chi connectivity index (χ2v) is 6.35. The lowest BCUT2D eigenvalue weighted by molar-refractivity contribution is -0.122. The van der Waals surface area contributed by atoms with E-state index in [2.05, 4.69) is 12.2 Å². The molecule has 0 spiro atoms. The van der Waals surface area contributed by atoms with Crippen LogP contribution in [0.2, 0.25) is 0 Å². The highest BCUT2D eigenvalue weighted by Crippen LogP contribution is 2.33. The number of carbonyl (C=O) groups is 2. The minimum Gasteiger partial charge on any atom is -0.492 e. The first kappa shape index (κ1) is 18.0. The topological polar surface area (TPSA) is 58.6 Å². The zero-order valence-corrected chi connectivity index (χ0v) is 15.2. The Bertz CT molecular complexity index is 803. The first-order valence-electron chi connectivity index (χ1n) is 9.04. The number of para-hydroxylation sites is 2. The number of rotatable bonds is 6. The fourth-order valence-corrected chi connectivity index (χ4v) is 3.19. The van der Waals surface area contributed by atoms with Gasteiger partial charge in [0.15, 0.2) is 0 Å². The van der Waals surface area contributed by atoms with Crippen molar-refractivity contribution in [3.05, 3.63) is 54.1 Å². The molecule has 0 aromatic heterocycles. The number of aryl methyl sites for hydroxylation is 1. The predicted molar refractivity (Wildman–Crippen MR) is 103 cm³/mol. The number of ether oxygens (including phenoxy) is 1. The molecule has 5 heteroatoms. The van der Waals surface area contributed by atoms with Crippen LogP contribution in [0.5, 0.6) is 5.75 Å². The molecule has 1 N–H and O–H groups in total. The second-order valence-electron chi connectivity index (χ2n) is 6.35. The van der Waals surface area contributed by atoms with Gasteiger partial charge in [0.1, 0.15) is 5.75 Å². The van der Waals surface area contributed by atoms with Crippen LogP contribution in [0.3, 0.4) is 0 Å². The molecule has 0 bridgehead atoms. The van der Waals surface area contributed by atoms with Crippen LogP contribution in [-0.4, -0.2) is 25.0 Å². The summed E-state index contributed by atoms with van der Waals surface area (Å²) in [5.41, 5.74) is 2.66. The summed E-state index contributed by atoms with van der Waals surface area (Å²) < 4.78 is 5.62. The number of hydrogen-bond acceptors (Lipinski definition) is 3. The van der Waals surface area contributed by atoms with E-state index in [9.17, 15) is 9.59 Å². The number of nitrogens with zero attached hydrogens (tertiary/aromatic N) is 1. The lowest BCUT2D eigenvalue weighted by Gasteiger charge is -2.20. The van der Waals surface area contributed by atoms with Crippen molar-refractivity contribution in [2.75, 3.05) is 23.4 Å². The molecule has 1 fully saturated rings. The Kier molecular flexibility index (Phi) is 5.56. The van der Waals surface area contributed by atoms with Crippen molar-refractivity contribution in [2.24, 2.45) is 5.92 Å². The third kappa shape index (κ3) is 3.87. The van der Waals surface area contributed by atoms with Crippen LogP contribution >= 0.6 is 0 Å². The van der Waals surface area contributed by atoms with E-state index in [-0.39, 0.29) is 24.2 Å². The third-order valence-electron chi connectivity index (χ3n) is 4.55. The standard InChI is InChI=1S/C21H24N2O3/c1-3-15-8-7-9-17(12-15)22-21(25)16-13-20(24)23(14-16)18-10-5-6-11-19(18)26-4-2/h5-12,16H,3-4,13-14H2,1-2H3,(H,22,25)/t16-/m1/s1. The van der Waals surface area contributed by atoms with E-state index in [0.29, 0.717) is 18.9 Å². The average Bonchev–Trinajstić information content (AvgIpc) is 3.04. The Morgan fingerprint density at radius 2 is 2.00 bits per heavy atom. The SMILES string of the molecule is CCOc1ccccc1N1C[C@H](C(=O)Nc2cccc(CC)c2)CC1=O. The van der Waals surface area contributed by atoms with E-state index in [1.54, 1.807) is 4.90 Å². The molecule has 1 atom stereocenters. The molecule has 1 saturated heterocycles. The number of hydrogen-bond donors (Lipinski definition) is 1. The van der Waals surface area contributed by atoms with Crippen LogP contribution in [0.4, 0.5) is 11.4 Å². The summed E-state index contributed by atoms with van der Waals surface area (Å²) in [4.78, 5) is 26.8. The Morgan fingerprint density at radius 3 is 2.77 bits per heavy atom. The van der Waals surface area contributed by atoms with E-state index >= 15 is 0 Å². The maximum absolute atomic E-state index is 12.6. The van der Waals surface area contributed by atoms with Crippen LogP contribution in [0.25, 0.3) is 0 Å². The normalized spacial score (nSPS) is 16.6. The van der Waals surface area contributed by atoms with Gasteiger partial charge in [0.2, 0.25) is 11.8 Å². The number of nitrogens with one attached hydrogen (secondary N) is 1. The van der Waals surface area contributed by atoms with Crippen molar-refractivity contribution < 1.29 is 14.3 Å². The summed E-state index contributed by atoms with van der Waals surface area (Å²) >= 11 is 0. The maximum atomic E-state index is 12.6. The van der Waals surface area contributed by atoms with Crippen molar-refractivity contribution >= 4 is 23.2 Å². The molecule has 26 heavy (non-hydrogen) atoms. The molecule has 3 rings (SSSR count). The molecule has 2 aromatic rings. The molecule has 1 aliphatic rings. The van der Waals surface area contributed by atoms with Crippen LogP contribution < -0.4 is 15.0 Å². The van der Waals surface area contributed by atoms with E-state index in [1.807, 2.05) is 55.5 Å². The molecular formula is C21H24N2O3. The quantitative estimate of drug-likeness (QED) is 0.863.